The molecule has 3 rings (SSSR count). The van der Waals surface area contributed by atoms with Gasteiger partial charge in [-0.05, 0) is 35.0 Å². The molecule has 0 bridgehead atoms. The molecule has 0 saturated carbocycles. The molecule has 0 saturated heterocycles. The lowest BCUT2D eigenvalue weighted by atomic mass is 10.1. The molecule has 1 amide bonds. The molecule has 0 aliphatic heterocycles. The van der Waals surface area contributed by atoms with E-state index in [0.717, 1.165) is 0 Å². The summed E-state index contributed by atoms with van der Waals surface area (Å²) in [6, 6.07) is 14.5. The maximum Gasteiger partial charge on any atom is 0.488 e. The number of fused-ring (bicyclic) bond motifs is 1. The molecule has 0 spiro atoms. The summed E-state index contributed by atoms with van der Waals surface area (Å²) < 4.78 is 38.9. The van der Waals surface area contributed by atoms with Gasteiger partial charge in [-0.2, -0.15) is 8.42 Å². The number of amides is 1. The van der Waals surface area contributed by atoms with Gasteiger partial charge in [0.25, 0.3) is 5.91 Å². The summed E-state index contributed by atoms with van der Waals surface area (Å²) in [7, 11) is -5.27. The molecule has 6 nitrogen and oxygen atoms in total. The van der Waals surface area contributed by atoms with Gasteiger partial charge in [0.2, 0.25) is 0 Å². The molecule has 0 aliphatic rings. The van der Waals surface area contributed by atoms with E-state index in [4.69, 9.17) is 0 Å². The third-order valence-electron chi connectivity index (χ3n) is 3.19. The Morgan fingerprint density at radius 2 is 1.71 bits per heavy atom. The zero-order chi connectivity index (χ0) is 17.2. The van der Waals surface area contributed by atoms with Crippen molar-refractivity contribution in [3.05, 3.63) is 66.4 Å². The molecule has 0 unspecified atom stereocenters. The van der Waals surface area contributed by atoms with Crippen LogP contribution in [0, 0.1) is 0 Å². The minimum atomic E-state index is -5.27. The molecule has 122 valence electrons. The van der Waals surface area contributed by atoms with Crippen LogP contribution in [0.3, 0.4) is 0 Å². The molecule has 24 heavy (non-hydrogen) atoms. The Bertz CT molecular complexity index is 1010. The number of benzene rings is 2. The Morgan fingerprint density at radius 3 is 2.33 bits per heavy atom. The van der Waals surface area contributed by atoms with Gasteiger partial charge < -0.3 is 9.50 Å². The monoisotopic (exact) mass is 346 g/mol. The average Bonchev–Trinajstić information content (AvgIpc) is 2.53. The highest BCUT2D eigenvalue weighted by Crippen LogP contribution is 2.28. The van der Waals surface area contributed by atoms with Crippen LogP contribution < -0.4 is 9.50 Å². The van der Waals surface area contributed by atoms with Crippen LogP contribution in [0.1, 0.15) is 10.4 Å². The molecule has 1 aromatic heterocycles. The van der Waals surface area contributed by atoms with E-state index in [9.17, 15) is 17.1 Å². The minimum Gasteiger partial charge on any atom is -0.357 e. The summed E-state index contributed by atoms with van der Waals surface area (Å²) >= 11 is 0. The Balaban J connectivity index is 2.06. The number of pyridine rings is 1. The summed E-state index contributed by atoms with van der Waals surface area (Å²) in [5.74, 6) is -0.799. The van der Waals surface area contributed by atoms with Crippen molar-refractivity contribution < 1.29 is 21.3 Å². The third kappa shape index (κ3) is 3.66. The lowest BCUT2D eigenvalue weighted by Gasteiger charge is -2.10. The maximum atomic E-state index is 13.0. The molecule has 3 aromatic rings. The fourth-order valence-electron chi connectivity index (χ4n) is 2.19. The summed E-state index contributed by atoms with van der Waals surface area (Å²) in [5.41, 5.74) is -0.124. The molecule has 0 fully saturated rings. The standard InChI is InChI=1S/C16H11FN2O4S/c17-24(21,22)23-14-10-12-6-2-1-5-11(12)9-13(14)16(20)19-15-7-3-4-8-18-15/h1-10H,(H,18,19,20). The van der Waals surface area contributed by atoms with E-state index in [0.29, 0.717) is 10.8 Å². The summed E-state index contributed by atoms with van der Waals surface area (Å²) in [4.78, 5) is 16.4. The third-order valence-corrected chi connectivity index (χ3v) is 3.57. The fraction of sp³-hybridized carbons (Fsp3) is 0. The molecule has 1 heterocycles. The highest BCUT2D eigenvalue weighted by Gasteiger charge is 2.20. The second-order valence-electron chi connectivity index (χ2n) is 4.84. The van der Waals surface area contributed by atoms with Crippen LogP contribution in [-0.4, -0.2) is 19.3 Å². The Morgan fingerprint density at radius 1 is 1.04 bits per heavy atom. The molecule has 0 radical (unpaired) electrons. The van der Waals surface area contributed by atoms with Gasteiger partial charge in [0.15, 0.2) is 5.75 Å². The van der Waals surface area contributed by atoms with E-state index < -0.39 is 22.2 Å². The van der Waals surface area contributed by atoms with Crippen molar-refractivity contribution in [2.45, 2.75) is 0 Å². The first-order valence-corrected chi connectivity index (χ1v) is 8.12. The molecular formula is C16H11FN2O4S. The van der Waals surface area contributed by atoms with Crippen LogP contribution in [0.4, 0.5) is 9.70 Å². The van der Waals surface area contributed by atoms with Crippen LogP contribution in [0.25, 0.3) is 10.8 Å². The van der Waals surface area contributed by atoms with Crippen molar-refractivity contribution in [3.63, 3.8) is 0 Å². The van der Waals surface area contributed by atoms with Crippen molar-refractivity contribution in [2.24, 2.45) is 0 Å². The second-order valence-corrected chi connectivity index (χ2v) is 5.79. The van der Waals surface area contributed by atoms with Crippen LogP contribution >= 0.6 is 0 Å². The second kappa shape index (κ2) is 6.25. The zero-order valence-electron chi connectivity index (χ0n) is 12.1. The molecule has 2 aromatic carbocycles. The number of hydrogen-bond acceptors (Lipinski definition) is 5. The summed E-state index contributed by atoms with van der Waals surface area (Å²) in [5, 5.41) is 3.78. The first kappa shape index (κ1) is 15.9. The predicted molar refractivity (Wildman–Crippen MR) is 86.8 cm³/mol. The zero-order valence-corrected chi connectivity index (χ0v) is 13.0. The van der Waals surface area contributed by atoms with Crippen LogP contribution in [-0.2, 0) is 10.5 Å². The number of carbonyl (C=O) groups is 1. The van der Waals surface area contributed by atoms with E-state index in [1.54, 1.807) is 42.5 Å². The number of hydrogen-bond donors (Lipinski definition) is 1. The lowest BCUT2D eigenvalue weighted by Crippen LogP contribution is -2.15. The first-order chi connectivity index (χ1) is 11.4. The van der Waals surface area contributed by atoms with Crippen molar-refractivity contribution in [1.29, 1.82) is 0 Å². The van der Waals surface area contributed by atoms with Gasteiger partial charge >= 0.3 is 10.5 Å². The van der Waals surface area contributed by atoms with E-state index >= 15 is 0 Å². The van der Waals surface area contributed by atoms with Gasteiger partial charge in [0, 0.05) is 6.20 Å². The van der Waals surface area contributed by atoms with Gasteiger partial charge in [-0.25, -0.2) is 4.98 Å². The van der Waals surface area contributed by atoms with E-state index in [-0.39, 0.29) is 11.4 Å². The molecular weight excluding hydrogens is 335 g/mol. The number of rotatable bonds is 4. The SMILES string of the molecule is O=C(Nc1ccccn1)c1cc2ccccc2cc1OS(=O)(=O)F. The Hall–Kier alpha value is -3.00. The van der Waals surface area contributed by atoms with Crippen molar-refractivity contribution in [3.8, 4) is 5.75 Å². The van der Waals surface area contributed by atoms with Crippen LogP contribution in [0.2, 0.25) is 0 Å². The lowest BCUT2D eigenvalue weighted by molar-refractivity contribution is 0.102. The topological polar surface area (TPSA) is 85.4 Å². The van der Waals surface area contributed by atoms with Crippen LogP contribution in [0.15, 0.2) is 60.8 Å². The largest absolute Gasteiger partial charge is 0.488 e. The number of nitrogens with zero attached hydrogens (tertiary/aromatic N) is 1. The van der Waals surface area contributed by atoms with Gasteiger partial charge in [0.1, 0.15) is 5.82 Å². The Labute approximate surface area is 137 Å². The quantitative estimate of drug-likeness (QED) is 0.734. The summed E-state index contributed by atoms with van der Waals surface area (Å²) in [6.07, 6.45) is 1.49. The first-order valence-electron chi connectivity index (χ1n) is 6.82. The van der Waals surface area contributed by atoms with E-state index in [1.807, 2.05) is 0 Å². The maximum absolute atomic E-state index is 13.0. The number of anilines is 1. The number of halogens is 1. The summed E-state index contributed by atoms with van der Waals surface area (Å²) in [6.45, 7) is 0. The molecule has 0 atom stereocenters. The predicted octanol–water partition coefficient (Wildman–Crippen LogP) is 3.08. The number of nitrogens with one attached hydrogen (secondary N) is 1. The fourth-order valence-corrected chi connectivity index (χ4v) is 2.55. The number of aromatic nitrogens is 1. The minimum absolute atomic E-state index is 0.124. The average molecular weight is 346 g/mol. The van der Waals surface area contributed by atoms with Crippen molar-refractivity contribution in [1.82, 2.24) is 4.98 Å². The van der Waals surface area contributed by atoms with Crippen molar-refractivity contribution in [2.75, 3.05) is 5.32 Å². The van der Waals surface area contributed by atoms with Gasteiger partial charge in [0.05, 0.1) is 5.56 Å². The van der Waals surface area contributed by atoms with Gasteiger partial charge in [-0.1, -0.05) is 34.2 Å². The van der Waals surface area contributed by atoms with E-state index in [1.165, 1.54) is 18.3 Å². The van der Waals surface area contributed by atoms with Gasteiger partial charge in [-0.3, -0.25) is 4.79 Å². The highest BCUT2D eigenvalue weighted by atomic mass is 32.3. The molecule has 8 heteroatoms. The molecule has 0 aliphatic carbocycles. The number of carbonyl (C=O) groups excluding carboxylic acids is 1. The normalized spacial score (nSPS) is 11.2. The van der Waals surface area contributed by atoms with E-state index in [2.05, 4.69) is 14.5 Å². The van der Waals surface area contributed by atoms with Crippen molar-refractivity contribution >= 4 is 33.0 Å². The van der Waals surface area contributed by atoms with Gasteiger partial charge in [-0.15, -0.1) is 0 Å². The Kier molecular flexibility index (Phi) is 4.13. The smallest absolute Gasteiger partial charge is 0.357 e. The van der Waals surface area contributed by atoms with Crippen LogP contribution in [0.5, 0.6) is 5.75 Å². The molecule has 1 N–H and O–H groups in total. The highest BCUT2D eigenvalue weighted by molar-refractivity contribution is 7.81.